The van der Waals surface area contributed by atoms with E-state index in [2.05, 4.69) is 25.6 Å². The van der Waals surface area contributed by atoms with Gasteiger partial charge in [0.05, 0.1) is 36.8 Å². The molecular weight excluding hydrogens is 348 g/mol. The number of ether oxygens (including phenoxy) is 1. The maximum absolute atomic E-state index is 12.4. The lowest BCUT2D eigenvalue weighted by Gasteiger charge is -2.14. The van der Waals surface area contributed by atoms with Crippen LogP contribution in [0.5, 0.6) is 0 Å². The molecule has 3 rings (SSSR count). The average molecular weight is 370 g/mol. The predicted octanol–water partition coefficient (Wildman–Crippen LogP) is 2.28. The maximum Gasteiger partial charge on any atom is 0.278 e. The first-order valence-electron chi connectivity index (χ1n) is 8.52. The van der Waals surface area contributed by atoms with Crippen molar-refractivity contribution in [1.29, 1.82) is 0 Å². The second-order valence-electron chi connectivity index (χ2n) is 7.23. The summed E-state index contributed by atoms with van der Waals surface area (Å²) >= 11 is 0. The largest absolute Gasteiger partial charge is 0.383 e. The number of methoxy groups -OCH3 is 1. The van der Waals surface area contributed by atoms with Crippen LogP contribution in [0.25, 0.3) is 10.9 Å². The number of ketones is 1. The molecule has 0 unspecified atom stereocenters. The lowest BCUT2D eigenvalue weighted by molar-refractivity contribution is 0.0853. The molecule has 0 aromatic carbocycles. The average Bonchev–Trinajstić information content (AvgIpc) is 3.24. The van der Waals surface area contributed by atoms with E-state index in [9.17, 15) is 9.59 Å². The summed E-state index contributed by atoms with van der Waals surface area (Å²) < 4.78 is 6.50. The van der Waals surface area contributed by atoms with Crippen molar-refractivity contribution >= 4 is 28.4 Å². The summed E-state index contributed by atoms with van der Waals surface area (Å²) in [7, 11) is 1.59. The van der Waals surface area contributed by atoms with E-state index in [1.54, 1.807) is 31.6 Å². The molecule has 27 heavy (non-hydrogen) atoms. The van der Waals surface area contributed by atoms with Crippen molar-refractivity contribution in [2.24, 2.45) is 5.41 Å². The molecule has 0 saturated carbocycles. The fourth-order valence-electron chi connectivity index (χ4n) is 2.50. The highest BCUT2D eigenvalue weighted by atomic mass is 16.5. The molecule has 9 heteroatoms. The second-order valence-corrected chi connectivity index (χ2v) is 7.23. The second kappa shape index (κ2) is 7.28. The van der Waals surface area contributed by atoms with E-state index >= 15 is 0 Å². The summed E-state index contributed by atoms with van der Waals surface area (Å²) in [6.45, 7) is 6.58. The lowest BCUT2D eigenvalue weighted by Crippen LogP contribution is -2.20. The number of carbonyl (C=O) groups is 2. The molecule has 0 fully saturated rings. The van der Waals surface area contributed by atoms with Gasteiger partial charge in [-0.2, -0.15) is 0 Å². The van der Waals surface area contributed by atoms with E-state index in [1.165, 1.54) is 4.68 Å². The third-order valence-corrected chi connectivity index (χ3v) is 3.97. The highest BCUT2D eigenvalue weighted by Crippen LogP contribution is 2.24. The molecule has 0 aliphatic heterocycles. The molecule has 0 atom stereocenters. The molecule has 0 spiro atoms. The SMILES string of the molecule is COCCn1cc(C(=O)Nc2cc3cc(C(=O)C(C)(C)C)[nH]c3cn2)nn1. The van der Waals surface area contributed by atoms with Crippen LogP contribution in [0.4, 0.5) is 5.82 Å². The number of anilines is 1. The van der Waals surface area contributed by atoms with Crippen LogP contribution >= 0.6 is 0 Å². The minimum atomic E-state index is -0.486. The number of H-pyrrole nitrogens is 1. The highest BCUT2D eigenvalue weighted by Gasteiger charge is 2.24. The van der Waals surface area contributed by atoms with Gasteiger partial charge in [-0.1, -0.05) is 26.0 Å². The molecule has 1 amide bonds. The zero-order chi connectivity index (χ0) is 19.6. The Morgan fingerprint density at radius 1 is 1.30 bits per heavy atom. The van der Waals surface area contributed by atoms with Gasteiger partial charge < -0.3 is 15.0 Å². The molecule has 0 bridgehead atoms. The molecule has 3 aromatic rings. The van der Waals surface area contributed by atoms with Gasteiger partial charge in [-0.25, -0.2) is 9.67 Å². The monoisotopic (exact) mass is 370 g/mol. The molecule has 3 heterocycles. The van der Waals surface area contributed by atoms with E-state index in [-0.39, 0.29) is 11.5 Å². The number of Topliss-reactive ketones (excluding diaryl/α,β-unsaturated/α-hetero) is 1. The number of rotatable bonds is 6. The number of aromatic nitrogens is 5. The number of nitrogens with zero attached hydrogens (tertiary/aromatic N) is 4. The molecule has 3 aromatic heterocycles. The zero-order valence-electron chi connectivity index (χ0n) is 15.7. The molecule has 0 radical (unpaired) electrons. The van der Waals surface area contributed by atoms with Crippen molar-refractivity contribution in [3.63, 3.8) is 0 Å². The predicted molar refractivity (Wildman–Crippen MR) is 99.7 cm³/mol. The quantitative estimate of drug-likeness (QED) is 0.643. The zero-order valence-corrected chi connectivity index (χ0v) is 15.7. The normalized spacial score (nSPS) is 11.7. The summed E-state index contributed by atoms with van der Waals surface area (Å²) in [6, 6.07) is 3.47. The molecule has 0 aliphatic rings. The van der Waals surface area contributed by atoms with Crippen LogP contribution in [0.15, 0.2) is 24.5 Å². The van der Waals surface area contributed by atoms with E-state index in [1.807, 2.05) is 20.8 Å². The number of nitrogens with one attached hydrogen (secondary N) is 2. The lowest BCUT2D eigenvalue weighted by atomic mass is 9.89. The minimum absolute atomic E-state index is 0.0111. The summed E-state index contributed by atoms with van der Waals surface area (Å²) in [5, 5.41) is 11.2. The van der Waals surface area contributed by atoms with Crippen LogP contribution in [-0.2, 0) is 11.3 Å². The van der Waals surface area contributed by atoms with Crippen LogP contribution in [0, 0.1) is 5.41 Å². The topological polar surface area (TPSA) is 115 Å². The third kappa shape index (κ3) is 4.20. The first-order chi connectivity index (χ1) is 12.8. The molecule has 0 aliphatic carbocycles. The van der Waals surface area contributed by atoms with Crippen molar-refractivity contribution in [3.8, 4) is 0 Å². The van der Waals surface area contributed by atoms with E-state index in [0.29, 0.717) is 24.7 Å². The number of aromatic amines is 1. The van der Waals surface area contributed by atoms with Gasteiger partial charge in [0.1, 0.15) is 5.82 Å². The van der Waals surface area contributed by atoms with Gasteiger partial charge in [0.25, 0.3) is 5.91 Å². The molecule has 0 saturated heterocycles. The fourth-order valence-corrected chi connectivity index (χ4v) is 2.50. The first-order valence-corrected chi connectivity index (χ1v) is 8.52. The Kier molecular flexibility index (Phi) is 5.04. The van der Waals surface area contributed by atoms with Gasteiger partial charge in [-0.3, -0.25) is 9.59 Å². The minimum Gasteiger partial charge on any atom is -0.383 e. The van der Waals surface area contributed by atoms with Gasteiger partial charge in [0.15, 0.2) is 11.5 Å². The van der Waals surface area contributed by atoms with Crippen LogP contribution in [0.2, 0.25) is 0 Å². The van der Waals surface area contributed by atoms with Gasteiger partial charge in [0.2, 0.25) is 0 Å². The molecule has 2 N–H and O–H groups in total. The third-order valence-electron chi connectivity index (χ3n) is 3.97. The Bertz CT molecular complexity index is 983. The maximum atomic E-state index is 12.4. The van der Waals surface area contributed by atoms with Crippen LogP contribution in [-0.4, -0.2) is 50.4 Å². The number of hydrogen-bond donors (Lipinski definition) is 2. The Labute approximate surface area is 156 Å². The van der Waals surface area contributed by atoms with Gasteiger partial charge in [-0.15, -0.1) is 5.10 Å². The van der Waals surface area contributed by atoms with Crippen LogP contribution in [0.3, 0.4) is 0 Å². The van der Waals surface area contributed by atoms with Crippen LogP contribution < -0.4 is 5.32 Å². The Hall–Kier alpha value is -3.07. The number of amides is 1. The first kappa shape index (κ1) is 18.7. The number of pyridine rings is 1. The van der Waals surface area contributed by atoms with E-state index < -0.39 is 11.3 Å². The molecular formula is C18H22N6O3. The number of hydrogen-bond acceptors (Lipinski definition) is 6. The molecule has 9 nitrogen and oxygen atoms in total. The van der Waals surface area contributed by atoms with Crippen molar-refractivity contribution in [1.82, 2.24) is 25.0 Å². The van der Waals surface area contributed by atoms with Crippen molar-refractivity contribution < 1.29 is 14.3 Å². The van der Waals surface area contributed by atoms with Gasteiger partial charge >= 0.3 is 0 Å². The Morgan fingerprint density at radius 3 is 2.78 bits per heavy atom. The van der Waals surface area contributed by atoms with Crippen molar-refractivity contribution in [2.45, 2.75) is 27.3 Å². The standard InChI is InChI=1S/C18H22N6O3/c1-18(2,3)16(25)12-7-11-8-15(19-9-13(11)20-12)21-17(26)14-10-24(23-22-14)5-6-27-4/h7-10,20H,5-6H2,1-4H3,(H,19,21,26). The van der Waals surface area contributed by atoms with E-state index in [4.69, 9.17) is 4.74 Å². The van der Waals surface area contributed by atoms with Gasteiger partial charge in [0, 0.05) is 17.9 Å². The summed E-state index contributed by atoms with van der Waals surface area (Å²) in [5.41, 5.74) is 0.945. The summed E-state index contributed by atoms with van der Waals surface area (Å²) in [6.07, 6.45) is 3.13. The van der Waals surface area contributed by atoms with Crippen molar-refractivity contribution in [3.05, 3.63) is 35.9 Å². The Morgan fingerprint density at radius 2 is 2.07 bits per heavy atom. The number of fused-ring (bicyclic) bond motifs is 1. The Balaban J connectivity index is 1.76. The summed E-state index contributed by atoms with van der Waals surface area (Å²) in [5.74, 6) is -0.0308. The van der Waals surface area contributed by atoms with E-state index in [0.717, 1.165) is 10.9 Å². The smallest absolute Gasteiger partial charge is 0.278 e. The van der Waals surface area contributed by atoms with Gasteiger partial charge in [-0.05, 0) is 12.1 Å². The number of carbonyl (C=O) groups excluding carboxylic acids is 2. The fraction of sp³-hybridized carbons (Fsp3) is 0.389. The summed E-state index contributed by atoms with van der Waals surface area (Å²) in [4.78, 5) is 32.0. The van der Waals surface area contributed by atoms with Crippen LogP contribution in [0.1, 0.15) is 41.7 Å². The van der Waals surface area contributed by atoms with Crippen molar-refractivity contribution in [2.75, 3.05) is 19.0 Å². The molecule has 142 valence electrons. The highest BCUT2D eigenvalue weighted by molar-refractivity contribution is 6.04.